The number of aromatic nitrogens is 5. The van der Waals surface area contributed by atoms with Gasteiger partial charge in [-0.3, -0.25) is 4.68 Å². The van der Waals surface area contributed by atoms with Crippen LogP contribution in [0.5, 0.6) is 0 Å². The standard InChI is InChI=1S/C25H21N7O/c1-15-30-22-5-3-17(11-23(22)33-15)13-32-14-20-21(31-32)7-9-28-25(20)29-12-16-2-4-19-18(10-16)6-8-27-24(19)26/h2-11,14H,12-13H2,1H3,(H2,26,27)(H,28,29). The van der Waals surface area contributed by atoms with Crippen molar-refractivity contribution in [3.63, 3.8) is 0 Å². The number of aryl methyl sites for hydroxylation is 1. The van der Waals surface area contributed by atoms with Gasteiger partial charge in [-0.1, -0.05) is 18.2 Å². The highest BCUT2D eigenvalue weighted by molar-refractivity contribution is 5.91. The van der Waals surface area contributed by atoms with Gasteiger partial charge in [-0.05, 0) is 46.8 Å². The third-order valence-electron chi connectivity index (χ3n) is 5.71. The van der Waals surface area contributed by atoms with E-state index >= 15 is 0 Å². The minimum atomic E-state index is 0.545. The van der Waals surface area contributed by atoms with Gasteiger partial charge >= 0.3 is 0 Å². The highest BCUT2D eigenvalue weighted by Crippen LogP contribution is 2.24. The number of benzene rings is 2. The molecule has 8 nitrogen and oxygen atoms in total. The second-order valence-electron chi connectivity index (χ2n) is 8.06. The molecule has 4 heterocycles. The van der Waals surface area contributed by atoms with Crippen LogP contribution in [0.15, 0.2) is 71.5 Å². The zero-order chi connectivity index (χ0) is 22.4. The van der Waals surface area contributed by atoms with Crippen molar-refractivity contribution in [3.05, 3.63) is 84.1 Å². The third-order valence-corrected chi connectivity index (χ3v) is 5.71. The number of hydrogen-bond acceptors (Lipinski definition) is 7. The highest BCUT2D eigenvalue weighted by atomic mass is 16.3. The molecule has 0 amide bonds. The Hall–Kier alpha value is -4.46. The molecule has 0 unspecified atom stereocenters. The van der Waals surface area contributed by atoms with E-state index in [2.05, 4.69) is 38.5 Å². The van der Waals surface area contributed by atoms with Gasteiger partial charge in [0.15, 0.2) is 11.5 Å². The number of nitrogens with two attached hydrogens (primary N) is 1. The lowest BCUT2D eigenvalue weighted by molar-refractivity contribution is 0.560. The molecule has 0 spiro atoms. The minimum absolute atomic E-state index is 0.545. The molecule has 0 aliphatic carbocycles. The first-order chi connectivity index (χ1) is 16.1. The molecule has 2 aromatic carbocycles. The van der Waals surface area contributed by atoms with E-state index in [1.807, 2.05) is 48.1 Å². The predicted molar refractivity (Wildman–Crippen MR) is 129 cm³/mol. The molecular weight excluding hydrogens is 414 g/mol. The van der Waals surface area contributed by atoms with E-state index in [1.54, 1.807) is 12.4 Å². The number of nitrogens with zero attached hydrogens (tertiary/aromatic N) is 5. The lowest BCUT2D eigenvalue weighted by Gasteiger charge is -2.08. The summed E-state index contributed by atoms with van der Waals surface area (Å²) in [5.74, 6) is 2.01. The normalized spacial score (nSPS) is 11.5. The van der Waals surface area contributed by atoms with Crippen LogP contribution in [0, 0.1) is 6.92 Å². The summed E-state index contributed by atoms with van der Waals surface area (Å²) in [7, 11) is 0. The van der Waals surface area contributed by atoms with Crippen molar-refractivity contribution in [2.24, 2.45) is 0 Å². The highest BCUT2D eigenvalue weighted by Gasteiger charge is 2.10. The number of oxazole rings is 1. The summed E-state index contributed by atoms with van der Waals surface area (Å²) in [5.41, 5.74) is 10.7. The summed E-state index contributed by atoms with van der Waals surface area (Å²) in [4.78, 5) is 13.1. The molecule has 162 valence electrons. The average Bonchev–Trinajstić information content (AvgIpc) is 3.39. The molecular formula is C25H21N7O. The van der Waals surface area contributed by atoms with Crippen molar-refractivity contribution in [2.45, 2.75) is 20.0 Å². The summed E-state index contributed by atoms with van der Waals surface area (Å²) in [6.07, 6.45) is 5.53. The predicted octanol–water partition coefficient (Wildman–Crippen LogP) is 4.67. The molecule has 0 atom stereocenters. The summed E-state index contributed by atoms with van der Waals surface area (Å²) in [6.45, 7) is 3.12. The third kappa shape index (κ3) is 3.61. The SMILES string of the molecule is Cc1nc2ccc(Cn3cc4c(NCc5ccc6c(N)nccc6c5)nccc4n3)cc2o1. The van der Waals surface area contributed by atoms with Crippen LogP contribution in [0.1, 0.15) is 17.0 Å². The summed E-state index contributed by atoms with van der Waals surface area (Å²) >= 11 is 0. The van der Waals surface area contributed by atoms with Gasteiger partial charge < -0.3 is 15.5 Å². The zero-order valence-corrected chi connectivity index (χ0v) is 18.0. The molecule has 0 saturated carbocycles. The quantitative estimate of drug-likeness (QED) is 0.405. The second-order valence-corrected chi connectivity index (χ2v) is 8.06. The first-order valence-electron chi connectivity index (χ1n) is 10.7. The molecule has 0 aliphatic rings. The van der Waals surface area contributed by atoms with Crippen molar-refractivity contribution in [3.8, 4) is 0 Å². The fraction of sp³-hybridized carbons (Fsp3) is 0.120. The van der Waals surface area contributed by atoms with Gasteiger partial charge in [-0.25, -0.2) is 15.0 Å². The van der Waals surface area contributed by atoms with Crippen molar-refractivity contribution >= 4 is 44.4 Å². The average molecular weight is 435 g/mol. The maximum absolute atomic E-state index is 5.97. The van der Waals surface area contributed by atoms with Crippen LogP contribution < -0.4 is 11.1 Å². The largest absolute Gasteiger partial charge is 0.441 e. The molecule has 6 aromatic rings. The number of anilines is 2. The lowest BCUT2D eigenvalue weighted by Crippen LogP contribution is -2.02. The van der Waals surface area contributed by atoms with Crippen LogP contribution in [-0.4, -0.2) is 24.7 Å². The first-order valence-corrected chi connectivity index (χ1v) is 10.7. The molecule has 3 N–H and O–H groups in total. The van der Waals surface area contributed by atoms with Gasteiger partial charge in [0.25, 0.3) is 0 Å². The number of nitrogens with one attached hydrogen (secondary N) is 1. The van der Waals surface area contributed by atoms with Gasteiger partial charge in [-0.15, -0.1) is 0 Å². The van der Waals surface area contributed by atoms with E-state index in [9.17, 15) is 0 Å². The summed E-state index contributed by atoms with van der Waals surface area (Å²) in [6, 6.07) is 16.1. The van der Waals surface area contributed by atoms with E-state index in [4.69, 9.17) is 15.2 Å². The van der Waals surface area contributed by atoms with E-state index < -0.39 is 0 Å². The number of fused-ring (bicyclic) bond motifs is 3. The van der Waals surface area contributed by atoms with E-state index in [0.717, 1.165) is 49.7 Å². The van der Waals surface area contributed by atoms with Crippen LogP contribution >= 0.6 is 0 Å². The molecule has 0 aliphatic heterocycles. The van der Waals surface area contributed by atoms with Crippen molar-refractivity contribution in [1.82, 2.24) is 24.7 Å². The summed E-state index contributed by atoms with van der Waals surface area (Å²) in [5, 5.41) is 11.2. The number of nitrogen functional groups attached to an aromatic ring is 1. The molecule has 0 saturated heterocycles. The Morgan fingerprint density at radius 2 is 1.82 bits per heavy atom. The molecule has 33 heavy (non-hydrogen) atoms. The molecule has 4 aromatic heterocycles. The van der Waals surface area contributed by atoms with Crippen molar-refractivity contribution in [2.75, 3.05) is 11.1 Å². The minimum Gasteiger partial charge on any atom is -0.441 e. The Labute approximate surface area is 189 Å². The van der Waals surface area contributed by atoms with E-state index in [1.165, 1.54) is 0 Å². The topological polar surface area (TPSA) is 108 Å². The zero-order valence-electron chi connectivity index (χ0n) is 18.0. The smallest absolute Gasteiger partial charge is 0.192 e. The Morgan fingerprint density at radius 1 is 0.939 bits per heavy atom. The van der Waals surface area contributed by atoms with E-state index in [0.29, 0.717) is 24.8 Å². The van der Waals surface area contributed by atoms with Crippen molar-refractivity contribution < 1.29 is 4.42 Å². The summed E-state index contributed by atoms with van der Waals surface area (Å²) < 4.78 is 7.58. The van der Waals surface area contributed by atoms with Crippen LogP contribution in [0.3, 0.4) is 0 Å². The van der Waals surface area contributed by atoms with Crippen LogP contribution in [-0.2, 0) is 13.1 Å². The molecule has 0 bridgehead atoms. The van der Waals surface area contributed by atoms with Gasteiger partial charge in [0.1, 0.15) is 17.2 Å². The fourth-order valence-electron chi connectivity index (χ4n) is 4.13. The van der Waals surface area contributed by atoms with E-state index in [-0.39, 0.29) is 0 Å². The Balaban J connectivity index is 1.25. The van der Waals surface area contributed by atoms with Crippen molar-refractivity contribution in [1.29, 1.82) is 0 Å². The molecule has 0 fully saturated rings. The molecule has 6 rings (SSSR count). The van der Waals surface area contributed by atoms with Crippen LogP contribution in [0.4, 0.5) is 11.6 Å². The van der Waals surface area contributed by atoms with Gasteiger partial charge in [0, 0.05) is 37.4 Å². The Morgan fingerprint density at radius 3 is 2.76 bits per heavy atom. The maximum Gasteiger partial charge on any atom is 0.192 e. The molecule has 0 radical (unpaired) electrons. The lowest BCUT2D eigenvalue weighted by atomic mass is 10.1. The van der Waals surface area contributed by atoms with Crippen LogP contribution in [0.2, 0.25) is 0 Å². The van der Waals surface area contributed by atoms with Gasteiger partial charge in [0.2, 0.25) is 0 Å². The number of pyridine rings is 2. The fourth-order valence-corrected chi connectivity index (χ4v) is 4.13. The number of rotatable bonds is 5. The van der Waals surface area contributed by atoms with Crippen LogP contribution in [0.25, 0.3) is 32.8 Å². The second kappa shape index (κ2) is 7.59. The van der Waals surface area contributed by atoms with Gasteiger partial charge in [-0.2, -0.15) is 5.10 Å². The monoisotopic (exact) mass is 435 g/mol. The maximum atomic E-state index is 5.97. The number of hydrogen-bond donors (Lipinski definition) is 2. The molecule has 8 heteroatoms. The van der Waals surface area contributed by atoms with Gasteiger partial charge in [0.05, 0.1) is 17.4 Å². The Kier molecular flexibility index (Phi) is 4.43. The Bertz CT molecular complexity index is 1630. The first kappa shape index (κ1) is 19.2.